The van der Waals surface area contributed by atoms with Crippen LogP contribution in [0.25, 0.3) is 22.6 Å². The third-order valence-corrected chi connectivity index (χ3v) is 4.81. The highest BCUT2D eigenvalue weighted by atomic mass is 19.4. The average Bonchev–Trinajstić information content (AvgIpc) is 3.26. The topological polar surface area (TPSA) is 77.8 Å². The average molecular weight is 454 g/mol. The molecule has 0 aliphatic rings. The third-order valence-electron chi connectivity index (χ3n) is 4.81. The molecule has 0 spiro atoms. The molecule has 4 aromatic rings. The molecule has 10 heteroatoms. The molecule has 2 heterocycles. The first-order chi connectivity index (χ1) is 16.0. The van der Waals surface area contributed by atoms with Crippen molar-refractivity contribution in [1.82, 2.24) is 25.0 Å². The normalized spacial score (nSPS) is 11.5. The first kappa shape index (κ1) is 22.4. The molecule has 0 radical (unpaired) electrons. The van der Waals surface area contributed by atoms with E-state index in [1.807, 2.05) is 37.3 Å². The second-order valence-corrected chi connectivity index (χ2v) is 7.09. The largest absolute Gasteiger partial charge is 0.416 e. The molecule has 2 aromatic carbocycles. The van der Waals surface area contributed by atoms with Gasteiger partial charge in [0, 0.05) is 24.9 Å². The molecule has 0 saturated heterocycles. The zero-order valence-electron chi connectivity index (χ0n) is 17.8. The van der Waals surface area contributed by atoms with Gasteiger partial charge in [0.05, 0.1) is 11.3 Å². The van der Waals surface area contributed by atoms with E-state index in [4.69, 9.17) is 4.74 Å². The van der Waals surface area contributed by atoms with Gasteiger partial charge in [-0.25, -0.2) is 14.6 Å². The molecule has 4 rings (SSSR count). The van der Waals surface area contributed by atoms with Crippen LogP contribution in [0.5, 0.6) is 0 Å². The van der Waals surface area contributed by atoms with E-state index in [-0.39, 0.29) is 18.0 Å². The SMILES string of the molecule is CCOCn1nnc(-c2cccc(C(F)(F)F)c2)c1-c1ccnc(NCc2ccccc2)n1. The number of anilines is 1. The Morgan fingerprint density at radius 1 is 1.03 bits per heavy atom. The second-order valence-electron chi connectivity index (χ2n) is 7.09. The Morgan fingerprint density at radius 2 is 1.85 bits per heavy atom. The Morgan fingerprint density at radius 3 is 2.61 bits per heavy atom. The van der Waals surface area contributed by atoms with Crippen molar-refractivity contribution >= 4 is 5.95 Å². The van der Waals surface area contributed by atoms with E-state index >= 15 is 0 Å². The lowest BCUT2D eigenvalue weighted by Gasteiger charge is -2.11. The van der Waals surface area contributed by atoms with Crippen molar-refractivity contribution in [3.05, 3.63) is 78.0 Å². The predicted octanol–water partition coefficient (Wildman–Crippen LogP) is 5.03. The zero-order chi connectivity index (χ0) is 23.3. The van der Waals surface area contributed by atoms with Crippen molar-refractivity contribution in [1.29, 1.82) is 0 Å². The maximum atomic E-state index is 13.3. The quantitative estimate of drug-likeness (QED) is 0.403. The number of aromatic nitrogens is 5. The molecule has 170 valence electrons. The van der Waals surface area contributed by atoms with Crippen molar-refractivity contribution in [3.8, 4) is 22.6 Å². The van der Waals surface area contributed by atoms with Crippen LogP contribution in [0.3, 0.4) is 0 Å². The molecule has 0 amide bonds. The Bertz CT molecular complexity index is 1210. The van der Waals surface area contributed by atoms with Crippen LogP contribution in [-0.4, -0.2) is 31.6 Å². The molecule has 0 atom stereocenters. The number of hydrogen-bond acceptors (Lipinski definition) is 6. The summed E-state index contributed by atoms with van der Waals surface area (Å²) in [6.45, 7) is 2.86. The van der Waals surface area contributed by atoms with Gasteiger partial charge in [-0.2, -0.15) is 13.2 Å². The minimum Gasteiger partial charge on any atom is -0.359 e. The Balaban J connectivity index is 1.71. The molecule has 0 saturated carbocycles. The van der Waals surface area contributed by atoms with Crippen LogP contribution >= 0.6 is 0 Å². The van der Waals surface area contributed by atoms with E-state index in [0.717, 1.165) is 17.7 Å². The number of alkyl halides is 3. The van der Waals surface area contributed by atoms with Crippen LogP contribution in [0, 0.1) is 0 Å². The smallest absolute Gasteiger partial charge is 0.359 e. The minimum atomic E-state index is -4.47. The number of ether oxygens (including phenoxy) is 1. The number of hydrogen-bond donors (Lipinski definition) is 1. The fourth-order valence-electron chi connectivity index (χ4n) is 3.22. The van der Waals surface area contributed by atoms with Gasteiger partial charge < -0.3 is 10.1 Å². The predicted molar refractivity (Wildman–Crippen MR) is 117 cm³/mol. The Kier molecular flexibility index (Phi) is 6.64. The van der Waals surface area contributed by atoms with Crippen molar-refractivity contribution in [3.63, 3.8) is 0 Å². The van der Waals surface area contributed by atoms with Crippen LogP contribution < -0.4 is 5.32 Å². The minimum absolute atomic E-state index is 0.0780. The van der Waals surface area contributed by atoms with Crippen molar-refractivity contribution < 1.29 is 17.9 Å². The van der Waals surface area contributed by atoms with Gasteiger partial charge in [0.15, 0.2) is 0 Å². The summed E-state index contributed by atoms with van der Waals surface area (Å²) >= 11 is 0. The molecule has 1 N–H and O–H groups in total. The summed E-state index contributed by atoms with van der Waals surface area (Å²) in [5.74, 6) is 0.371. The first-order valence-electron chi connectivity index (χ1n) is 10.3. The van der Waals surface area contributed by atoms with Gasteiger partial charge in [0.1, 0.15) is 18.1 Å². The van der Waals surface area contributed by atoms with Gasteiger partial charge in [-0.05, 0) is 30.7 Å². The van der Waals surface area contributed by atoms with Gasteiger partial charge in [-0.3, -0.25) is 0 Å². The maximum absolute atomic E-state index is 13.3. The molecule has 33 heavy (non-hydrogen) atoms. The summed E-state index contributed by atoms with van der Waals surface area (Å²) in [4.78, 5) is 8.81. The lowest BCUT2D eigenvalue weighted by Crippen LogP contribution is -2.08. The summed E-state index contributed by atoms with van der Waals surface area (Å²) in [6, 6.07) is 16.4. The molecule has 2 aromatic heterocycles. The summed E-state index contributed by atoms with van der Waals surface area (Å²) in [6.07, 6.45) is -2.90. The van der Waals surface area contributed by atoms with Gasteiger partial charge in [0.2, 0.25) is 5.95 Å². The zero-order valence-corrected chi connectivity index (χ0v) is 17.8. The molecular formula is C23H21F3N6O. The van der Waals surface area contributed by atoms with E-state index < -0.39 is 11.7 Å². The van der Waals surface area contributed by atoms with E-state index in [1.54, 1.807) is 18.3 Å². The lowest BCUT2D eigenvalue weighted by molar-refractivity contribution is -0.137. The second kappa shape index (κ2) is 9.78. The lowest BCUT2D eigenvalue weighted by atomic mass is 10.0. The molecule has 0 fully saturated rings. The highest BCUT2D eigenvalue weighted by Gasteiger charge is 2.31. The fraction of sp³-hybridized carbons (Fsp3) is 0.217. The molecule has 0 aliphatic heterocycles. The summed E-state index contributed by atoms with van der Waals surface area (Å²) in [5.41, 5.74) is 1.73. The summed E-state index contributed by atoms with van der Waals surface area (Å²) in [5, 5.41) is 11.4. The molecule has 0 aliphatic carbocycles. The van der Waals surface area contributed by atoms with E-state index in [2.05, 4.69) is 25.6 Å². The van der Waals surface area contributed by atoms with Crippen LogP contribution in [0.2, 0.25) is 0 Å². The maximum Gasteiger partial charge on any atom is 0.416 e. The monoisotopic (exact) mass is 454 g/mol. The molecule has 7 nitrogen and oxygen atoms in total. The molecular weight excluding hydrogens is 433 g/mol. The Labute approximate surface area is 188 Å². The highest BCUT2D eigenvalue weighted by Crippen LogP contribution is 2.34. The van der Waals surface area contributed by atoms with Crippen LogP contribution in [0.1, 0.15) is 18.1 Å². The van der Waals surface area contributed by atoms with Gasteiger partial charge in [-0.15, -0.1) is 5.10 Å². The highest BCUT2D eigenvalue weighted by molar-refractivity contribution is 5.76. The number of halogens is 3. The van der Waals surface area contributed by atoms with Crippen molar-refractivity contribution in [2.45, 2.75) is 26.4 Å². The number of nitrogens with zero attached hydrogens (tertiary/aromatic N) is 5. The summed E-state index contributed by atoms with van der Waals surface area (Å²) in [7, 11) is 0. The van der Waals surface area contributed by atoms with Crippen LogP contribution in [0.15, 0.2) is 66.9 Å². The van der Waals surface area contributed by atoms with Crippen LogP contribution in [-0.2, 0) is 24.2 Å². The van der Waals surface area contributed by atoms with E-state index in [1.165, 1.54) is 10.7 Å². The first-order valence-corrected chi connectivity index (χ1v) is 10.3. The van der Waals surface area contributed by atoms with E-state index in [0.29, 0.717) is 30.5 Å². The molecule has 0 bridgehead atoms. The van der Waals surface area contributed by atoms with Gasteiger partial charge >= 0.3 is 6.18 Å². The number of benzene rings is 2. The third kappa shape index (κ3) is 5.35. The number of rotatable bonds is 8. The Hall–Kier alpha value is -3.79. The van der Waals surface area contributed by atoms with Crippen molar-refractivity contribution in [2.24, 2.45) is 0 Å². The van der Waals surface area contributed by atoms with Crippen molar-refractivity contribution in [2.75, 3.05) is 11.9 Å². The molecule has 0 unspecified atom stereocenters. The standard InChI is InChI=1S/C23H21F3N6O/c1-2-33-15-32-21(20(30-31-32)17-9-6-10-18(13-17)23(24,25)26)19-11-12-27-22(29-19)28-14-16-7-4-3-5-8-16/h3-13H,2,14-15H2,1H3,(H,27,28,29). The fourth-order valence-corrected chi connectivity index (χ4v) is 3.22. The number of nitrogens with one attached hydrogen (secondary N) is 1. The summed E-state index contributed by atoms with van der Waals surface area (Å²) < 4.78 is 46.7. The van der Waals surface area contributed by atoms with Gasteiger partial charge in [-0.1, -0.05) is 47.7 Å². The van der Waals surface area contributed by atoms with Crippen LogP contribution in [0.4, 0.5) is 19.1 Å². The van der Waals surface area contributed by atoms with Gasteiger partial charge in [0.25, 0.3) is 0 Å². The van der Waals surface area contributed by atoms with E-state index in [9.17, 15) is 13.2 Å².